The first kappa shape index (κ1) is 12.1. The molecule has 3 heteroatoms. The van der Waals surface area contributed by atoms with Gasteiger partial charge in [-0.25, -0.2) is 0 Å². The standard InChI is InChI=1S/C12H15ClO2/c1-7(2)10-5-4-9(6-11(10)13)8(3)12(14)15/h4-8H,1-3H3,(H,14,15). The summed E-state index contributed by atoms with van der Waals surface area (Å²) in [4.78, 5) is 10.8. The van der Waals surface area contributed by atoms with Gasteiger partial charge in [0.1, 0.15) is 0 Å². The third kappa shape index (κ3) is 2.72. The number of aliphatic carboxylic acids is 1. The lowest BCUT2D eigenvalue weighted by Gasteiger charge is -2.12. The Balaban J connectivity index is 3.06. The van der Waals surface area contributed by atoms with E-state index in [0.29, 0.717) is 10.9 Å². The van der Waals surface area contributed by atoms with Gasteiger partial charge >= 0.3 is 5.97 Å². The molecule has 2 nitrogen and oxygen atoms in total. The summed E-state index contributed by atoms with van der Waals surface area (Å²) in [5.41, 5.74) is 1.80. The average molecular weight is 227 g/mol. The molecule has 15 heavy (non-hydrogen) atoms. The van der Waals surface area contributed by atoms with Crippen LogP contribution in [0.15, 0.2) is 18.2 Å². The predicted molar refractivity (Wildman–Crippen MR) is 61.6 cm³/mol. The molecular formula is C12H15ClO2. The molecule has 0 spiro atoms. The number of hydrogen-bond donors (Lipinski definition) is 1. The molecule has 0 saturated carbocycles. The molecule has 0 amide bonds. The summed E-state index contributed by atoms with van der Waals surface area (Å²) in [6, 6.07) is 5.48. The number of carboxylic acid groups (broad SMARTS) is 1. The Labute approximate surface area is 94.9 Å². The Morgan fingerprint density at radius 3 is 2.33 bits per heavy atom. The van der Waals surface area contributed by atoms with E-state index >= 15 is 0 Å². The van der Waals surface area contributed by atoms with E-state index in [1.54, 1.807) is 13.0 Å². The highest BCUT2D eigenvalue weighted by atomic mass is 35.5. The third-order valence-corrected chi connectivity index (χ3v) is 2.84. The van der Waals surface area contributed by atoms with Crippen LogP contribution in [-0.4, -0.2) is 11.1 Å². The highest BCUT2D eigenvalue weighted by Crippen LogP contribution is 2.27. The van der Waals surface area contributed by atoms with E-state index in [9.17, 15) is 4.79 Å². The van der Waals surface area contributed by atoms with Gasteiger partial charge in [-0.15, -0.1) is 0 Å². The summed E-state index contributed by atoms with van der Waals surface area (Å²) in [5.74, 6) is -0.987. The number of carboxylic acids is 1. The maximum absolute atomic E-state index is 10.8. The van der Waals surface area contributed by atoms with Crippen LogP contribution < -0.4 is 0 Å². The van der Waals surface area contributed by atoms with Gasteiger partial charge in [0.2, 0.25) is 0 Å². The smallest absolute Gasteiger partial charge is 0.310 e. The number of carbonyl (C=O) groups is 1. The van der Waals surface area contributed by atoms with Crippen molar-refractivity contribution in [2.24, 2.45) is 0 Å². The van der Waals surface area contributed by atoms with E-state index in [4.69, 9.17) is 16.7 Å². The minimum atomic E-state index is -0.830. The third-order valence-electron chi connectivity index (χ3n) is 2.52. The summed E-state index contributed by atoms with van der Waals surface area (Å²) in [7, 11) is 0. The molecule has 1 aromatic carbocycles. The Morgan fingerprint density at radius 2 is 1.93 bits per heavy atom. The molecule has 0 heterocycles. The van der Waals surface area contributed by atoms with Gasteiger partial charge in [-0.2, -0.15) is 0 Å². The molecule has 0 aromatic heterocycles. The van der Waals surface area contributed by atoms with E-state index in [2.05, 4.69) is 13.8 Å². The first-order chi connectivity index (χ1) is 6.93. The largest absolute Gasteiger partial charge is 0.481 e. The van der Waals surface area contributed by atoms with E-state index in [1.807, 2.05) is 12.1 Å². The highest BCUT2D eigenvalue weighted by molar-refractivity contribution is 6.31. The van der Waals surface area contributed by atoms with Gasteiger partial charge in [0.05, 0.1) is 5.92 Å². The van der Waals surface area contributed by atoms with Crippen molar-refractivity contribution in [2.75, 3.05) is 0 Å². The van der Waals surface area contributed by atoms with Crippen molar-refractivity contribution in [3.05, 3.63) is 34.3 Å². The van der Waals surface area contributed by atoms with Gasteiger partial charge in [0.15, 0.2) is 0 Å². The number of halogens is 1. The molecule has 82 valence electrons. The van der Waals surface area contributed by atoms with E-state index in [-0.39, 0.29) is 0 Å². The first-order valence-electron chi connectivity index (χ1n) is 4.95. The molecule has 1 aromatic rings. The Morgan fingerprint density at radius 1 is 1.33 bits per heavy atom. The second kappa shape index (κ2) is 4.67. The highest BCUT2D eigenvalue weighted by Gasteiger charge is 2.15. The van der Waals surface area contributed by atoms with Crippen LogP contribution in [0.25, 0.3) is 0 Å². The summed E-state index contributed by atoms with van der Waals surface area (Å²) >= 11 is 6.08. The van der Waals surface area contributed by atoms with Gasteiger partial charge < -0.3 is 5.11 Å². The molecule has 0 bridgehead atoms. The Bertz CT molecular complexity index is 372. The lowest BCUT2D eigenvalue weighted by Crippen LogP contribution is -2.07. The molecule has 0 aliphatic carbocycles. The van der Waals surface area contributed by atoms with Gasteiger partial charge in [0.25, 0.3) is 0 Å². The van der Waals surface area contributed by atoms with Crippen LogP contribution in [0.5, 0.6) is 0 Å². The number of hydrogen-bond acceptors (Lipinski definition) is 1. The molecule has 1 N–H and O–H groups in total. The maximum atomic E-state index is 10.8. The second-order valence-electron chi connectivity index (χ2n) is 4.00. The Kier molecular flexibility index (Phi) is 3.75. The average Bonchev–Trinajstić information content (AvgIpc) is 2.15. The van der Waals surface area contributed by atoms with Crippen molar-refractivity contribution in [1.29, 1.82) is 0 Å². The van der Waals surface area contributed by atoms with Gasteiger partial charge in [-0.3, -0.25) is 4.79 Å². The summed E-state index contributed by atoms with van der Waals surface area (Å²) < 4.78 is 0. The van der Waals surface area contributed by atoms with Gasteiger partial charge in [0, 0.05) is 5.02 Å². The van der Waals surface area contributed by atoms with Crippen molar-refractivity contribution in [1.82, 2.24) is 0 Å². The van der Waals surface area contributed by atoms with Gasteiger partial charge in [-0.1, -0.05) is 37.6 Å². The fourth-order valence-electron chi connectivity index (χ4n) is 1.42. The van der Waals surface area contributed by atoms with Crippen molar-refractivity contribution in [3.8, 4) is 0 Å². The summed E-state index contributed by atoms with van der Waals surface area (Å²) in [5, 5.41) is 9.51. The second-order valence-corrected chi connectivity index (χ2v) is 4.40. The van der Waals surface area contributed by atoms with Crippen LogP contribution in [0.4, 0.5) is 0 Å². The zero-order valence-corrected chi connectivity index (χ0v) is 9.88. The lowest BCUT2D eigenvalue weighted by atomic mass is 9.96. The minimum Gasteiger partial charge on any atom is -0.481 e. The van der Waals surface area contributed by atoms with E-state index < -0.39 is 11.9 Å². The lowest BCUT2D eigenvalue weighted by molar-refractivity contribution is -0.138. The van der Waals surface area contributed by atoms with E-state index in [0.717, 1.165) is 11.1 Å². The van der Waals surface area contributed by atoms with Crippen molar-refractivity contribution >= 4 is 17.6 Å². The molecule has 0 aliphatic heterocycles. The zero-order valence-electron chi connectivity index (χ0n) is 9.12. The normalized spacial score (nSPS) is 12.9. The molecule has 1 unspecified atom stereocenters. The zero-order chi connectivity index (χ0) is 11.6. The number of benzene rings is 1. The molecule has 1 atom stereocenters. The molecule has 0 fully saturated rings. The van der Waals surface area contributed by atoms with Crippen LogP contribution in [0.1, 0.15) is 43.7 Å². The molecular weight excluding hydrogens is 212 g/mol. The first-order valence-corrected chi connectivity index (χ1v) is 5.33. The monoisotopic (exact) mass is 226 g/mol. The topological polar surface area (TPSA) is 37.3 Å². The fraction of sp³-hybridized carbons (Fsp3) is 0.417. The SMILES string of the molecule is CC(C)c1ccc(C(C)C(=O)O)cc1Cl. The van der Waals surface area contributed by atoms with Crippen LogP contribution >= 0.6 is 11.6 Å². The van der Waals surface area contributed by atoms with Crippen molar-refractivity contribution < 1.29 is 9.90 Å². The fourth-order valence-corrected chi connectivity index (χ4v) is 1.83. The molecule has 0 aliphatic rings. The van der Waals surface area contributed by atoms with Crippen molar-refractivity contribution in [2.45, 2.75) is 32.6 Å². The number of rotatable bonds is 3. The van der Waals surface area contributed by atoms with Crippen molar-refractivity contribution in [3.63, 3.8) is 0 Å². The Hall–Kier alpha value is -1.02. The minimum absolute atomic E-state index is 0.353. The van der Waals surface area contributed by atoms with Crippen LogP contribution in [0.3, 0.4) is 0 Å². The summed E-state index contributed by atoms with van der Waals surface area (Å²) in [6.07, 6.45) is 0. The van der Waals surface area contributed by atoms with Gasteiger partial charge in [-0.05, 0) is 30.0 Å². The van der Waals surface area contributed by atoms with Crippen LogP contribution in [0.2, 0.25) is 5.02 Å². The predicted octanol–water partition coefficient (Wildman–Crippen LogP) is 3.65. The molecule has 0 saturated heterocycles. The van der Waals surface area contributed by atoms with E-state index in [1.165, 1.54) is 0 Å². The van der Waals surface area contributed by atoms with Crippen LogP contribution in [-0.2, 0) is 4.79 Å². The van der Waals surface area contributed by atoms with Crippen LogP contribution in [0, 0.1) is 0 Å². The quantitative estimate of drug-likeness (QED) is 0.854. The maximum Gasteiger partial charge on any atom is 0.310 e. The molecule has 0 radical (unpaired) electrons. The summed E-state index contributed by atoms with van der Waals surface area (Å²) in [6.45, 7) is 5.77. The molecule has 1 rings (SSSR count).